The van der Waals surface area contributed by atoms with Crippen LogP contribution in [-0.4, -0.2) is 60.4 Å². The molecule has 3 aromatic rings. The summed E-state index contributed by atoms with van der Waals surface area (Å²) >= 11 is 13.1. The lowest BCUT2D eigenvalue weighted by Crippen LogP contribution is -2.51. The number of nitrogens with zero attached hydrogens (tertiary/aromatic N) is 3. The second-order valence-corrected chi connectivity index (χ2v) is 8.77. The summed E-state index contributed by atoms with van der Waals surface area (Å²) in [6.45, 7) is 2.53. The fraction of sp³-hybridized carbons (Fsp3) is 0.333. The number of amides is 1. The molecule has 2 aromatic heterocycles. The number of nitrogens with one attached hydrogen (secondary N) is 3. The third kappa shape index (κ3) is 5.72. The Labute approximate surface area is 218 Å². The van der Waals surface area contributed by atoms with Gasteiger partial charge < -0.3 is 30.2 Å². The predicted octanol–water partition coefficient (Wildman–Crippen LogP) is 4.31. The minimum Gasteiger partial charge on any atom is -0.495 e. The molecule has 2 atom stereocenters. The summed E-state index contributed by atoms with van der Waals surface area (Å²) in [5.74, 6) is 1.76. The molecule has 36 heavy (non-hydrogen) atoms. The molecular weight excluding hydrogens is 507 g/mol. The van der Waals surface area contributed by atoms with Gasteiger partial charge >= 0.3 is 0 Å². The van der Waals surface area contributed by atoms with Crippen LogP contribution in [-0.2, 0) is 9.53 Å². The van der Waals surface area contributed by atoms with E-state index in [1.807, 2.05) is 6.07 Å². The Hall–Kier alpha value is -3.34. The monoisotopic (exact) mass is 532 g/mol. The molecule has 10 nitrogen and oxygen atoms in total. The molecule has 4 rings (SSSR count). The van der Waals surface area contributed by atoms with Crippen LogP contribution in [0, 0.1) is 0 Å². The zero-order valence-electron chi connectivity index (χ0n) is 20.0. The van der Waals surface area contributed by atoms with Gasteiger partial charge in [0, 0.05) is 37.4 Å². The highest BCUT2D eigenvalue weighted by molar-refractivity contribution is 6.41. The summed E-state index contributed by atoms with van der Waals surface area (Å²) in [5, 5.41) is 10.1. The molecule has 1 saturated heterocycles. The average Bonchev–Trinajstić information content (AvgIpc) is 2.88. The Bertz CT molecular complexity index is 1220. The summed E-state index contributed by atoms with van der Waals surface area (Å²) < 4.78 is 16.3. The number of aromatic nitrogens is 3. The van der Waals surface area contributed by atoms with E-state index in [2.05, 4.69) is 30.9 Å². The minimum atomic E-state index is -0.140. The number of pyridine rings is 1. The molecule has 3 N–H and O–H groups in total. The Balaban J connectivity index is 1.64. The van der Waals surface area contributed by atoms with Crippen LogP contribution in [0.5, 0.6) is 11.5 Å². The van der Waals surface area contributed by atoms with E-state index in [1.165, 1.54) is 27.5 Å². The number of halogens is 2. The van der Waals surface area contributed by atoms with Crippen molar-refractivity contribution < 1.29 is 19.0 Å². The Morgan fingerprint density at radius 3 is 2.53 bits per heavy atom. The van der Waals surface area contributed by atoms with Crippen molar-refractivity contribution in [2.75, 3.05) is 38.1 Å². The molecule has 3 heterocycles. The van der Waals surface area contributed by atoms with Crippen molar-refractivity contribution in [3.63, 3.8) is 0 Å². The van der Waals surface area contributed by atoms with Crippen molar-refractivity contribution in [1.82, 2.24) is 20.3 Å². The smallest absolute Gasteiger partial charge is 0.217 e. The van der Waals surface area contributed by atoms with Crippen LogP contribution < -0.4 is 25.4 Å². The molecule has 1 aromatic carbocycles. The fourth-order valence-electron chi connectivity index (χ4n) is 3.91. The molecule has 0 bridgehead atoms. The number of carbonyl (C=O) groups is 1. The molecule has 1 aliphatic heterocycles. The van der Waals surface area contributed by atoms with Gasteiger partial charge in [0.1, 0.15) is 39.5 Å². The lowest BCUT2D eigenvalue weighted by atomic mass is 10.0. The standard InChI is InChI=1S/C24H26Cl2N6O4/c1-13(33)30-15-6-8-36-11-17(15)31-20-9-16(28-12-29-20)14-5-4-7-27-24(14)32-23-21(25)18(34-2)10-19(35-3)22(23)26/h4-5,7,9-10,12,15,17H,6,8,11H2,1-3H3,(H,27,32)(H,30,33)(H,28,29,31)/t15-,17+/m0/s1. The van der Waals surface area contributed by atoms with Gasteiger partial charge in [-0.15, -0.1) is 0 Å². The first-order chi connectivity index (χ1) is 17.4. The molecule has 0 spiro atoms. The number of hydrogen-bond donors (Lipinski definition) is 3. The third-order valence-electron chi connectivity index (χ3n) is 5.65. The van der Waals surface area contributed by atoms with Gasteiger partial charge in [-0.2, -0.15) is 0 Å². The highest BCUT2D eigenvalue weighted by Crippen LogP contribution is 2.45. The van der Waals surface area contributed by atoms with Crippen molar-refractivity contribution in [2.45, 2.75) is 25.4 Å². The van der Waals surface area contributed by atoms with Crippen LogP contribution in [0.3, 0.4) is 0 Å². The van der Waals surface area contributed by atoms with Gasteiger partial charge in [0.05, 0.1) is 44.3 Å². The van der Waals surface area contributed by atoms with Crippen LogP contribution in [0.25, 0.3) is 11.3 Å². The normalized spacial score (nSPS) is 17.2. The van der Waals surface area contributed by atoms with E-state index in [0.29, 0.717) is 59.7 Å². The summed E-state index contributed by atoms with van der Waals surface area (Å²) in [7, 11) is 3.02. The maximum absolute atomic E-state index is 11.6. The van der Waals surface area contributed by atoms with E-state index in [1.54, 1.807) is 24.4 Å². The van der Waals surface area contributed by atoms with Gasteiger partial charge in [-0.05, 0) is 18.6 Å². The first kappa shape index (κ1) is 25.7. The van der Waals surface area contributed by atoms with Crippen molar-refractivity contribution in [1.29, 1.82) is 0 Å². The number of anilines is 3. The number of ether oxygens (including phenoxy) is 3. The molecule has 0 saturated carbocycles. The Kier molecular flexibility index (Phi) is 8.29. The van der Waals surface area contributed by atoms with Crippen LogP contribution >= 0.6 is 23.2 Å². The van der Waals surface area contributed by atoms with E-state index in [0.717, 1.165) is 0 Å². The SMILES string of the molecule is COc1cc(OC)c(Cl)c(Nc2ncccc2-c2cc(N[C@@H]3COCC[C@@H]3NC(C)=O)ncn2)c1Cl. The van der Waals surface area contributed by atoms with E-state index in [4.69, 9.17) is 37.4 Å². The quantitative estimate of drug-likeness (QED) is 0.389. The van der Waals surface area contributed by atoms with Crippen molar-refractivity contribution in [2.24, 2.45) is 0 Å². The fourth-order valence-corrected chi connectivity index (χ4v) is 4.51. The number of hydrogen-bond acceptors (Lipinski definition) is 9. The lowest BCUT2D eigenvalue weighted by Gasteiger charge is -2.32. The Morgan fingerprint density at radius 1 is 1.08 bits per heavy atom. The van der Waals surface area contributed by atoms with Crippen LogP contribution in [0.2, 0.25) is 10.0 Å². The van der Waals surface area contributed by atoms with Crippen molar-refractivity contribution in [3.8, 4) is 22.8 Å². The molecular formula is C24H26Cl2N6O4. The summed E-state index contributed by atoms with van der Waals surface area (Å²) in [6.07, 6.45) is 3.81. The topological polar surface area (TPSA) is 120 Å². The second-order valence-electron chi connectivity index (χ2n) is 8.02. The first-order valence-corrected chi connectivity index (χ1v) is 11.9. The van der Waals surface area contributed by atoms with E-state index < -0.39 is 0 Å². The summed E-state index contributed by atoms with van der Waals surface area (Å²) in [5.41, 5.74) is 1.69. The van der Waals surface area contributed by atoms with Crippen molar-refractivity contribution in [3.05, 3.63) is 46.8 Å². The highest BCUT2D eigenvalue weighted by Gasteiger charge is 2.27. The minimum absolute atomic E-state index is 0.0717. The molecule has 1 amide bonds. The van der Waals surface area contributed by atoms with Gasteiger partial charge in [0.25, 0.3) is 0 Å². The molecule has 0 aliphatic carbocycles. The van der Waals surface area contributed by atoms with Gasteiger partial charge in [-0.3, -0.25) is 4.79 Å². The van der Waals surface area contributed by atoms with Gasteiger partial charge in [0.2, 0.25) is 5.91 Å². The van der Waals surface area contributed by atoms with E-state index >= 15 is 0 Å². The largest absolute Gasteiger partial charge is 0.495 e. The summed E-state index contributed by atoms with van der Waals surface area (Å²) in [6, 6.07) is 6.87. The third-order valence-corrected chi connectivity index (χ3v) is 6.40. The first-order valence-electron chi connectivity index (χ1n) is 11.2. The lowest BCUT2D eigenvalue weighted by molar-refractivity contribution is -0.120. The van der Waals surface area contributed by atoms with Gasteiger partial charge in [-0.25, -0.2) is 15.0 Å². The van der Waals surface area contributed by atoms with Gasteiger partial charge in [-0.1, -0.05) is 23.2 Å². The average molecular weight is 533 g/mol. The van der Waals surface area contributed by atoms with E-state index in [9.17, 15) is 4.79 Å². The molecule has 12 heteroatoms. The predicted molar refractivity (Wildman–Crippen MR) is 139 cm³/mol. The Morgan fingerprint density at radius 2 is 1.83 bits per heavy atom. The van der Waals surface area contributed by atoms with Crippen LogP contribution in [0.4, 0.5) is 17.3 Å². The molecule has 1 aliphatic rings. The maximum atomic E-state index is 11.6. The van der Waals surface area contributed by atoms with Gasteiger partial charge in [0.15, 0.2) is 0 Å². The molecule has 190 valence electrons. The number of rotatable bonds is 8. The number of carbonyl (C=O) groups excluding carboxylic acids is 1. The zero-order chi connectivity index (χ0) is 25.7. The molecule has 0 radical (unpaired) electrons. The maximum Gasteiger partial charge on any atom is 0.217 e. The van der Waals surface area contributed by atoms with Crippen molar-refractivity contribution >= 4 is 46.4 Å². The summed E-state index contributed by atoms with van der Waals surface area (Å²) in [4.78, 5) is 24.9. The second kappa shape index (κ2) is 11.6. The number of benzene rings is 1. The van der Waals surface area contributed by atoms with E-state index in [-0.39, 0.29) is 28.0 Å². The number of methoxy groups -OCH3 is 2. The van der Waals surface area contributed by atoms with Crippen LogP contribution in [0.1, 0.15) is 13.3 Å². The highest BCUT2D eigenvalue weighted by atomic mass is 35.5. The molecule has 0 unspecified atom stereocenters. The van der Waals surface area contributed by atoms with Crippen LogP contribution in [0.15, 0.2) is 36.8 Å². The molecule has 1 fully saturated rings. The zero-order valence-corrected chi connectivity index (χ0v) is 21.5.